The number of likely N-dealkylation sites (N-methyl/N-ethyl adjacent to an activating group) is 1. The summed E-state index contributed by atoms with van der Waals surface area (Å²) in [4.78, 5) is 37.0. The molecule has 0 aliphatic heterocycles. The van der Waals surface area contributed by atoms with Gasteiger partial charge in [-0.3, -0.25) is 9.59 Å². The Kier molecular flexibility index (Phi) is 47.9. The van der Waals surface area contributed by atoms with E-state index in [4.69, 9.17) is 18.9 Å². The Morgan fingerprint density at radius 3 is 1.23 bits per heavy atom. The van der Waals surface area contributed by atoms with E-state index in [1.807, 2.05) is 21.1 Å². The number of carboxylic acids is 1. The van der Waals surface area contributed by atoms with Gasteiger partial charge in [-0.1, -0.05) is 193 Å². The molecule has 0 fully saturated rings. The minimum atomic E-state index is -1.63. The number of rotatable bonds is 48. The smallest absolute Gasteiger partial charge is 0.306 e. The van der Waals surface area contributed by atoms with Crippen molar-refractivity contribution in [2.45, 2.75) is 200 Å². The van der Waals surface area contributed by atoms with E-state index in [2.05, 4.69) is 135 Å². The van der Waals surface area contributed by atoms with E-state index in [9.17, 15) is 19.5 Å². The fourth-order valence-electron chi connectivity index (χ4n) is 6.76. The summed E-state index contributed by atoms with van der Waals surface area (Å²) in [6, 6.07) is 0. The maximum Gasteiger partial charge on any atom is 0.306 e. The van der Waals surface area contributed by atoms with E-state index in [-0.39, 0.29) is 38.6 Å². The summed E-state index contributed by atoms with van der Waals surface area (Å²) in [6.07, 6.45) is 68.3. The van der Waals surface area contributed by atoms with Crippen LogP contribution in [-0.2, 0) is 33.3 Å². The summed E-state index contributed by atoms with van der Waals surface area (Å²) in [5, 5.41) is 11.7. The third-order valence-corrected chi connectivity index (χ3v) is 10.9. The number of allylic oxidation sites excluding steroid dienone is 20. The van der Waals surface area contributed by atoms with Gasteiger partial charge in [-0.15, -0.1) is 0 Å². The van der Waals surface area contributed by atoms with E-state index >= 15 is 0 Å². The molecule has 0 aromatic rings. The number of esters is 2. The zero-order valence-electron chi connectivity index (χ0n) is 44.8. The molecule has 0 aromatic carbocycles. The lowest BCUT2D eigenvalue weighted by Gasteiger charge is -2.26. The molecule has 70 heavy (non-hydrogen) atoms. The quantitative estimate of drug-likeness (QED) is 0.0195. The second-order valence-corrected chi connectivity index (χ2v) is 18.8. The van der Waals surface area contributed by atoms with Crippen molar-refractivity contribution >= 4 is 17.9 Å². The third kappa shape index (κ3) is 51.5. The topological polar surface area (TPSA) is 111 Å². The van der Waals surface area contributed by atoms with Crippen LogP contribution >= 0.6 is 0 Å². The van der Waals surface area contributed by atoms with Crippen LogP contribution in [0.2, 0.25) is 0 Å². The largest absolute Gasteiger partial charge is 0.545 e. The molecule has 0 amide bonds. The lowest BCUT2D eigenvalue weighted by atomic mass is 10.1. The van der Waals surface area contributed by atoms with Crippen LogP contribution in [0.5, 0.6) is 0 Å². The van der Waals surface area contributed by atoms with Crippen LogP contribution in [0.3, 0.4) is 0 Å². The van der Waals surface area contributed by atoms with Crippen LogP contribution in [0.25, 0.3) is 0 Å². The molecule has 0 N–H and O–H groups in total. The molecule has 0 saturated carbocycles. The molecule has 0 aromatic heterocycles. The Labute approximate surface area is 427 Å². The molecule has 2 unspecified atom stereocenters. The second-order valence-electron chi connectivity index (χ2n) is 18.8. The Bertz CT molecular complexity index is 1560. The van der Waals surface area contributed by atoms with Crippen LogP contribution in [0.15, 0.2) is 122 Å². The molecular formula is C61H99NO8. The fourth-order valence-corrected chi connectivity index (χ4v) is 6.76. The number of carbonyl (C=O) groups excluding carboxylic acids is 3. The van der Waals surface area contributed by atoms with Crippen LogP contribution in [0.1, 0.15) is 187 Å². The number of carbonyl (C=O) groups is 3. The highest BCUT2D eigenvalue weighted by Crippen LogP contribution is 2.13. The zero-order chi connectivity index (χ0) is 51.3. The van der Waals surface area contributed by atoms with Crippen LogP contribution in [0.4, 0.5) is 0 Å². The fraction of sp³-hybridized carbons (Fsp3) is 0.623. The minimum Gasteiger partial charge on any atom is -0.545 e. The van der Waals surface area contributed by atoms with Gasteiger partial charge in [-0.2, -0.15) is 0 Å². The normalized spacial score (nSPS) is 13.8. The SMILES string of the molecule is CC/C=C\C/C=C\C/C=C\C/C=C\C/C=C\C/C=C\C/C=C\C/C=C\C/C=C\CCCCCCCCCC(=O)OC(COC(=O)CCCCCCC/C=C\CCC)COC(OCC[N+](C)(C)C)C(=O)[O-]. The van der Waals surface area contributed by atoms with Crippen molar-refractivity contribution in [2.24, 2.45) is 0 Å². The van der Waals surface area contributed by atoms with E-state index in [0.29, 0.717) is 17.4 Å². The van der Waals surface area contributed by atoms with Crippen molar-refractivity contribution < 1.29 is 42.9 Å². The predicted molar refractivity (Wildman–Crippen MR) is 292 cm³/mol. The van der Waals surface area contributed by atoms with Crippen molar-refractivity contribution in [3.63, 3.8) is 0 Å². The van der Waals surface area contributed by atoms with Gasteiger partial charge in [-0.25, -0.2) is 0 Å². The molecule has 0 spiro atoms. The van der Waals surface area contributed by atoms with E-state index < -0.39 is 24.3 Å². The van der Waals surface area contributed by atoms with Gasteiger partial charge in [-0.05, 0) is 103 Å². The number of nitrogens with zero attached hydrogens (tertiary/aromatic N) is 1. The number of carboxylic acid groups (broad SMARTS) is 1. The molecule has 0 saturated heterocycles. The summed E-state index contributed by atoms with van der Waals surface area (Å²) < 4.78 is 22.5. The molecule has 0 aliphatic carbocycles. The van der Waals surface area contributed by atoms with Gasteiger partial charge in [0.1, 0.15) is 13.2 Å². The van der Waals surface area contributed by atoms with Gasteiger partial charge < -0.3 is 33.3 Å². The molecular weight excluding hydrogens is 875 g/mol. The first-order valence-electron chi connectivity index (χ1n) is 27.2. The summed E-state index contributed by atoms with van der Waals surface area (Å²) in [5.41, 5.74) is 0. The first-order valence-corrected chi connectivity index (χ1v) is 27.2. The molecule has 0 bridgehead atoms. The number of hydrogen-bond donors (Lipinski definition) is 0. The number of hydrogen-bond acceptors (Lipinski definition) is 8. The molecule has 396 valence electrons. The Morgan fingerprint density at radius 1 is 0.443 bits per heavy atom. The van der Waals surface area contributed by atoms with E-state index in [1.165, 1.54) is 25.7 Å². The van der Waals surface area contributed by atoms with E-state index in [0.717, 1.165) is 128 Å². The predicted octanol–water partition coefficient (Wildman–Crippen LogP) is 14.4. The monoisotopic (exact) mass is 974 g/mol. The van der Waals surface area contributed by atoms with Crippen LogP contribution < -0.4 is 5.11 Å². The van der Waals surface area contributed by atoms with Crippen molar-refractivity contribution in [3.8, 4) is 0 Å². The van der Waals surface area contributed by atoms with Crippen LogP contribution in [-0.4, -0.2) is 82.3 Å². The van der Waals surface area contributed by atoms with Gasteiger partial charge in [0.05, 0.1) is 40.3 Å². The summed E-state index contributed by atoms with van der Waals surface area (Å²) >= 11 is 0. The van der Waals surface area contributed by atoms with Gasteiger partial charge in [0.2, 0.25) is 0 Å². The maximum atomic E-state index is 12.8. The van der Waals surface area contributed by atoms with Crippen molar-refractivity contribution in [3.05, 3.63) is 122 Å². The maximum absolute atomic E-state index is 12.8. The molecule has 9 nitrogen and oxygen atoms in total. The molecule has 0 aliphatic rings. The minimum absolute atomic E-state index is 0.138. The summed E-state index contributed by atoms with van der Waals surface area (Å²) in [5.74, 6) is -2.33. The average molecular weight is 974 g/mol. The standard InChI is InChI=1S/C61H99NO8/c1-6-8-10-12-14-16-18-19-20-21-22-23-24-25-26-27-28-29-30-31-32-33-34-35-36-37-38-39-40-41-42-44-46-48-50-52-59(64)70-57(56-69-61(60(65)66)67-54-53-62(3,4)5)55-68-58(63)51-49-47-45-43-17-15-13-11-9-7-2/h8,10-11,13-14,16,19-20,22-23,25-26,28-29,31-32,34-35,37-38,57,61H,6-7,9,12,15,17-18,21,24,27,30,33,36,39-56H2,1-5H3/b10-8-,13-11-,16-14-,20-19-,23-22-,26-25-,29-28-,32-31-,35-34-,38-37-. The average Bonchev–Trinajstić information content (AvgIpc) is 3.33. The van der Waals surface area contributed by atoms with Gasteiger partial charge in [0.15, 0.2) is 12.4 Å². The van der Waals surface area contributed by atoms with Crippen molar-refractivity contribution in [1.29, 1.82) is 0 Å². The zero-order valence-corrected chi connectivity index (χ0v) is 44.8. The highest BCUT2D eigenvalue weighted by atomic mass is 16.7. The molecule has 9 heteroatoms. The lowest BCUT2D eigenvalue weighted by Crippen LogP contribution is -2.44. The second kappa shape index (κ2) is 51.1. The molecule has 0 heterocycles. The first kappa shape index (κ1) is 65.7. The van der Waals surface area contributed by atoms with Gasteiger partial charge >= 0.3 is 11.9 Å². The van der Waals surface area contributed by atoms with Crippen LogP contribution in [0, 0.1) is 0 Å². The summed E-state index contributed by atoms with van der Waals surface area (Å²) in [6.45, 7) is 4.51. The molecule has 0 rings (SSSR count). The highest BCUT2D eigenvalue weighted by molar-refractivity contribution is 5.70. The van der Waals surface area contributed by atoms with Crippen molar-refractivity contribution in [1.82, 2.24) is 0 Å². The highest BCUT2D eigenvalue weighted by Gasteiger charge is 2.22. The van der Waals surface area contributed by atoms with Crippen molar-refractivity contribution in [2.75, 3.05) is 47.5 Å². The Balaban J connectivity index is 4.21. The summed E-state index contributed by atoms with van der Waals surface area (Å²) in [7, 11) is 5.89. The Morgan fingerprint density at radius 2 is 0.814 bits per heavy atom. The van der Waals surface area contributed by atoms with Gasteiger partial charge in [0, 0.05) is 12.8 Å². The lowest BCUT2D eigenvalue weighted by molar-refractivity contribution is -0.870. The molecule has 2 atom stereocenters. The molecule has 0 radical (unpaired) electrons. The third-order valence-electron chi connectivity index (χ3n) is 10.9. The first-order chi connectivity index (χ1) is 34.1. The van der Waals surface area contributed by atoms with Gasteiger partial charge in [0.25, 0.3) is 0 Å². The Hall–Kier alpha value is -4.31. The number of unbranched alkanes of at least 4 members (excludes halogenated alkanes) is 13. The number of ether oxygens (including phenoxy) is 4. The van der Waals surface area contributed by atoms with E-state index in [1.54, 1.807) is 0 Å². The number of quaternary nitrogens is 1. The number of aliphatic carboxylic acids is 1.